The third-order valence-corrected chi connectivity index (χ3v) is 3.98. The standard InChI is InChI=1S/C15H17F3N2O2S/c1-10-19-7-13(23-10)8-20(2)9-14(21)11-3-5-12(6-4-11)22-15(16,17)18/h3-7,14,21H,8-9H2,1-2H3/t14-/m0/s1. The van der Waals surface area contributed by atoms with Crippen molar-refractivity contribution in [1.29, 1.82) is 0 Å². The average molecular weight is 346 g/mol. The molecule has 4 nitrogen and oxygen atoms in total. The first-order valence-electron chi connectivity index (χ1n) is 6.86. The molecule has 0 amide bonds. The highest BCUT2D eigenvalue weighted by molar-refractivity contribution is 7.11. The molecule has 2 aromatic rings. The van der Waals surface area contributed by atoms with Crippen molar-refractivity contribution in [2.75, 3.05) is 13.6 Å². The van der Waals surface area contributed by atoms with E-state index in [2.05, 4.69) is 9.72 Å². The number of halogens is 3. The van der Waals surface area contributed by atoms with Crippen molar-refractivity contribution >= 4 is 11.3 Å². The van der Waals surface area contributed by atoms with Gasteiger partial charge in [-0.3, -0.25) is 4.90 Å². The number of thiazole rings is 1. The molecule has 2 rings (SSSR count). The number of aryl methyl sites for hydroxylation is 1. The molecule has 0 aliphatic heterocycles. The fraction of sp³-hybridized carbons (Fsp3) is 0.400. The topological polar surface area (TPSA) is 45.6 Å². The van der Waals surface area contributed by atoms with E-state index in [-0.39, 0.29) is 5.75 Å². The Kier molecular flexibility index (Phi) is 5.61. The summed E-state index contributed by atoms with van der Waals surface area (Å²) < 4.78 is 40.1. The summed E-state index contributed by atoms with van der Waals surface area (Å²) in [6.45, 7) is 2.93. The Morgan fingerprint density at radius 3 is 2.48 bits per heavy atom. The predicted molar refractivity (Wildman–Crippen MR) is 81.3 cm³/mol. The van der Waals surface area contributed by atoms with Gasteiger partial charge in [-0.05, 0) is 31.7 Å². The molecule has 1 aromatic heterocycles. The summed E-state index contributed by atoms with van der Waals surface area (Å²) in [5.74, 6) is -0.304. The van der Waals surface area contributed by atoms with Crippen LogP contribution in [0.5, 0.6) is 5.75 Å². The third kappa shape index (κ3) is 5.81. The van der Waals surface area contributed by atoms with E-state index in [4.69, 9.17) is 0 Å². The van der Waals surface area contributed by atoms with Gasteiger partial charge in [-0.1, -0.05) is 12.1 Å². The van der Waals surface area contributed by atoms with Crippen LogP contribution in [0.15, 0.2) is 30.5 Å². The molecule has 8 heteroatoms. The first kappa shape index (κ1) is 17.7. The van der Waals surface area contributed by atoms with E-state index in [9.17, 15) is 18.3 Å². The molecule has 1 aromatic carbocycles. The maximum Gasteiger partial charge on any atom is 0.573 e. The summed E-state index contributed by atoms with van der Waals surface area (Å²) in [6.07, 6.45) is -3.71. The summed E-state index contributed by atoms with van der Waals surface area (Å²) in [5.41, 5.74) is 0.534. The molecule has 0 saturated heterocycles. The molecule has 0 radical (unpaired) electrons. The van der Waals surface area contributed by atoms with Crippen LogP contribution < -0.4 is 4.74 Å². The average Bonchev–Trinajstić information content (AvgIpc) is 2.82. The van der Waals surface area contributed by atoms with Gasteiger partial charge in [0, 0.05) is 24.2 Å². The van der Waals surface area contributed by atoms with E-state index in [0.717, 1.165) is 9.88 Å². The molecule has 0 spiro atoms. The second-order valence-corrected chi connectivity index (χ2v) is 6.49. The predicted octanol–water partition coefficient (Wildman–Crippen LogP) is 3.52. The second-order valence-electron chi connectivity index (χ2n) is 5.17. The van der Waals surface area contributed by atoms with Crippen molar-refractivity contribution in [2.24, 2.45) is 0 Å². The van der Waals surface area contributed by atoms with Crippen LogP contribution in [0.2, 0.25) is 0 Å². The first-order valence-corrected chi connectivity index (χ1v) is 7.68. The number of nitrogens with zero attached hydrogens (tertiary/aromatic N) is 2. The lowest BCUT2D eigenvalue weighted by Crippen LogP contribution is -2.23. The van der Waals surface area contributed by atoms with Gasteiger partial charge in [-0.2, -0.15) is 0 Å². The zero-order valence-corrected chi connectivity index (χ0v) is 13.5. The zero-order valence-electron chi connectivity index (χ0n) is 12.7. The molecule has 0 unspecified atom stereocenters. The van der Waals surface area contributed by atoms with Crippen molar-refractivity contribution in [3.63, 3.8) is 0 Å². The maximum atomic E-state index is 12.1. The van der Waals surface area contributed by atoms with Gasteiger partial charge in [0.05, 0.1) is 11.1 Å². The van der Waals surface area contributed by atoms with Crippen LogP contribution in [0.1, 0.15) is 21.6 Å². The fourth-order valence-electron chi connectivity index (χ4n) is 2.10. The number of benzene rings is 1. The van der Waals surface area contributed by atoms with Gasteiger partial charge < -0.3 is 9.84 Å². The highest BCUT2D eigenvalue weighted by Crippen LogP contribution is 2.25. The van der Waals surface area contributed by atoms with E-state index in [0.29, 0.717) is 18.7 Å². The number of aromatic nitrogens is 1. The number of rotatable bonds is 6. The van der Waals surface area contributed by atoms with Crippen molar-refractivity contribution in [1.82, 2.24) is 9.88 Å². The van der Waals surface area contributed by atoms with Crippen molar-refractivity contribution < 1.29 is 23.0 Å². The van der Waals surface area contributed by atoms with E-state index >= 15 is 0 Å². The molecule has 1 N–H and O–H groups in total. The van der Waals surface area contributed by atoms with E-state index in [1.165, 1.54) is 24.3 Å². The van der Waals surface area contributed by atoms with Gasteiger partial charge in [-0.15, -0.1) is 24.5 Å². The van der Waals surface area contributed by atoms with Crippen LogP contribution in [0.25, 0.3) is 0 Å². The molecule has 1 heterocycles. The Balaban J connectivity index is 1.90. The molecule has 0 aliphatic rings. The number of hydrogen-bond donors (Lipinski definition) is 1. The molecule has 0 fully saturated rings. The molecule has 1 atom stereocenters. The highest BCUT2D eigenvalue weighted by Gasteiger charge is 2.31. The normalized spacial score (nSPS) is 13.3. The van der Waals surface area contributed by atoms with Crippen LogP contribution in [-0.4, -0.2) is 34.9 Å². The number of alkyl halides is 3. The molecular formula is C15H17F3N2O2S. The Hall–Kier alpha value is -1.64. The zero-order chi connectivity index (χ0) is 17.0. The van der Waals surface area contributed by atoms with Crippen LogP contribution in [0.4, 0.5) is 13.2 Å². The first-order chi connectivity index (χ1) is 10.7. The monoisotopic (exact) mass is 346 g/mol. The Morgan fingerprint density at radius 1 is 1.30 bits per heavy atom. The quantitative estimate of drug-likeness (QED) is 0.869. The van der Waals surface area contributed by atoms with Gasteiger partial charge >= 0.3 is 6.36 Å². The largest absolute Gasteiger partial charge is 0.573 e. The molecular weight excluding hydrogens is 329 g/mol. The molecule has 0 saturated carbocycles. The number of aliphatic hydroxyl groups excluding tert-OH is 1. The summed E-state index contributed by atoms with van der Waals surface area (Å²) in [4.78, 5) is 7.19. The minimum absolute atomic E-state index is 0.304. The molecule has 126 valence electrons. The summed E-state index contributed by atoms with van der Waals surface area (Å²) in [6, 6.07) is 5.24. The minimum atomic E-state index is -4.72. The second kappa shape index (κ2) is 7.29. The number of likely N-dealkylation sites (N-methyl/N-ethyl adjacent to an activating group) is 1. The SMILES string of the molecule is Cc1ncc(CN(C)C[C@H](O)c2ccc(OC(F)(F)F)cc2)s1. The minimum Gasteiger partial charge on any atom is -0.406 e. The van der Waals surface area contributed by atoms with Crippen LogP contribution >= 0.6 is 11.3 Å². The van der Waals surface area contributed by atoms with Crippen molar-refractivity contribution in [3.05, 3.63) is 45.9 Å². The summed E-state index contributed by atoms with van der Waals surface area (Å²) in [7, 11) is 1.86. The third-order valence-electron chi connectivity index (χ3n) is 3.08. The van der Waals surface area contributed by atoms with Crippen LogP contribution in [0, 0.1) is 6.92 Å². The lowest BCUT2D eigenvalue weighted by Gasteiger charge is -2.20. The fourth-order valence-corrected chi connectivity index (χ4v) is 2.98. The molecule has 23 heavy (non-hydrogen) atoms. The van der Waals surface area contributed by atoms with Gasteiger partial charge in [0.1, 0.15) is 5.75 Å². The van der Waals surface area contributed by atoms with E-state index < -0.39 is 12.5 Å². The van der Waals surface area contributed by atoms with Gasteiger partial charge in [-0.25, -0.2) is 4.98 Å². The van der Waals surface area contributed by atoms with E-state index in [1.807, 2.05) is 18.9 Å². The van der Waals surface area contributed by atoms with Crippen LogP contribution in [0.3, 0.4) is 0 Å². The molecule has 0 bridgehead atoms. The Morgan fingerprint density at radius 2 is 1.96 bits per heavy atom. The van der Waals surface area contributed by atoms with Gasteiger partial charge in [0.15, 0.2) is 0 Å². The lowest BCUT2D eigenvalue weighted by molar-refractivity contribution is -0.274. The Bertz CT molecular complexity index is 628. The molecule has 0 aliphatic carbocycles. The van der Waals surface area contributed by atoms with E-state index in [1.54, 1.807) is 17.5 Å². The lowest BCUT2D eigenvalue weighted by atomic mass is 10.1. The smallest absolute Gasteiger partial charge is 0.406 e. The highest BCUT2D eigenvalue weighted by atomic mass is 32.1. The Labute approximate surface area is 136 Å². The summed E-state index contributed by atoms with van der Waals surface area (Å²) in [5, 5.41) is 11.2. The van der Waals surface area contributed by atoms with Gasteiger partial charge in [0.2, 0.25) is 0 Å². The maximum absolute atomic E-state index is 12.1. The number of aliphatic hydroxyl groups is 1. The number of ether oxygens (including phenoxy) is 1. The number of hydrogen-bond acceptors (Lipinski definition) is 5. The van der Waals surface area contributed by atoms with Crippen molar-refractivity contribution in [2.45, 2.75) is 25.9 Å². The van der Waals surface area contributed by atoms with Crippen LogP contribution in [-0.2, 0) is 6.54 Å². The van der Waals surface area contributed by atoms with Gasteiger partial charge in [0.25, 0.3) is 0 Å². The summed E-state index contributed by atoms with van der Waals surface area (Å²) >= 11 is 1.59. The van der Waals surface area contributed by atoms with Crippen molar-refractivity contribution in [3.8, 4) is 5.75 Å².